The van der Waals surface area contributed by atoms with Crippen LogP contribution in [0.25, 0.3) is 0 Å². The Morgan fingerprint density at radius 3 is 2.48 bits per heavy atom. The molecule has 1 heterocycles. The maximum absolute atomic E-state index is 12.4. The van der Waals surface area contributed by atoms with E-state index in [1.165, 1.54) is 24.3 Å². The van der Waals surface area contributed by atoms with Crippen molar-refractivity contribution in [3.63, 3.8) is 0 Å². The van der Waals surface area contributed by atoms with E-state index in [1.54, 1.807) is 12.5 Å². The lowest BCUT2D eigenvalue weighted by Crippen LogP contribution is -2.21. The second-order valence-electron chi connectivity index (χ2n) is 4.63. The van der Waals surface area contributed by atoms with Crippen molar-refractivity contribution in [1.29, 1.82) is 0 Å². The van der Waals surface area contributed by atoms with Crippen molar-refractivity contribution in [2.45, 2.75) is 30.2 Å². The number of benzene rings is 1. The van der Waals surface area contributed by atoms with E-state index in [-0.39, 0.29) is 10.9 Å². The second kappa shape index (κ2) is 6.21. The minimum absolute atomic E-state index is 0.0664. The van der Waals surface area contributed by atoms with Gasteiger partial charge in [-0.15, -0.1) is 0 Å². The van der Waals surface area contributed by atoms with E-state index < -0.39 is 15.6 Å². The van der Waals surface area contributed by atoms with Crippen molar-refractivity contribution in [2.24, 2.45) is 0 Å². The van der Waals surface area contributed by atoms with Crippen molar-refractivity contribution in [3.8, 4) is 0 Å². The molecule has 0 spiro atoms. The highest BCUT2D eigenvalue weighted by molar-refractivity contribution is 7.91. The molecule has 1 aromatic carbocycles. The van der Waals surface area contributed by atoms with Crippen LogP contribution in [0, 0.1) is 0 Å². The fraction of sp³-hybridized carbons (Fsp3) is 0.308. The van der Waals surface area contributed by atoms with Gasteiger partial charge in [-0.2, -0.15) is 8.78 Å². The Morgan fingerprint density at radius 1 is 1.29 bits per heavy atom. The largest absolute Gasteiger partial charge is 0.381 e. The summed E-state index contributed by atoms with van der Waals surface area (Å²) < 4.78 is 49.3. The van der Waals surface area contributed by atoms with Crippen LogP contribution >= 0.6 is 0 Å². The maximum atomic E-state index is 12.4. The fourth-order valence-electron chi connectivity index (χ4n) is 1.88. The van der Waals surface area contributed by atoms with Gasteiger partial charge in [-0.05, 0) is 31.2 Å². The van der Waals surface area contributed by atoms with Gasteiger partial charge < -0.3 is 9.88 Å². The molecule has 5 nitrogen and oxygen atoms in total. The van der Waals surface area contributed by atoms with Gasteiger partial charge in [0.1, 0.15) is 0 Å². The maximum Gasteiger partial charge on any atom is 0.341 e. The number of nitrogens with zero attached hydrogens (tertiary/aromatic N) is 2. The van der Waals surface area contributed by atoms with Crippen LogP contribution in [0.2, 0.25) is 0 Å². The number of nitrogens with one attached hydrogen (secondary N) is 1. The molecule has 0 saturated heterocycles. The number of halogens is 2. The topological polar surface area (TPSA) is 64.0 Å². The van der Waals surface area contributed by atoms with Crippen LogP contribution in [-0.4, -0.2) is 29.8 Å². The van der Waals surface area contributed by atoms with Crippen LogP contribution in [0.15, 0.2) is 47.9 Å². The molecule has 1 unspecified atom stereocenters. The van der Waals surface area contributed by atoms with Crippen molar-refractivity contribution >= 4 is 15.5 Å². The van der Waals surface area contributed by atoms with Gasteiger partial charge in [-0.1, -0.05) is 0 Å². The number of aromatic nitrogens is 2. The molecule has 0 bridgehead atoms. The van der Waals surface area contributed by atoms with Crippen LogP contribution in [0.5, 0.6) is 0 Å². The first-order chi connectivity index (χ1) is 9.89. The lowest BCUT2D eigenvalue weighted by Gasteiger charge is -2.16. The Kier molecular flexibility index (Phi) is 4.56. The van der Waals surface area contributed by atoms with E-state index in [0.717, 1.165) is 0 Å². The summed E-state index contributed by atoms with van der Waals surface area (Å²) in [7, 11) is -4.54. The van der Waals surface area contributed by atoms with Crippen LogP contribution < -0.4 is 5.32 Å². The zero-order valence-electron chi connectivity index (χ0n) is 11.3. The van der Waals surface area contributed by atoms with Gasteiger partial charge in [0.15, 0.2) is 0 Å². The standard InChI is InChI=1S/C13H15F2N3O2S/c1-10(8-18-7-6-16-9-18)17-11-2-4-12(5-3-11)21(19,20)13(14)15/h2-7,9-10,13,17H,8H2,1H3. The Hall–Kier alpha value is -1.96. The molecular weight excluding hydrogens is 300 g/mol. The zero-order chi connectivity index (χ0) is 15.5. The number of rotatable bonds is 6. The molecule has 1 atom stereocenters. The van der Waals surface area contributed by atoms with Gasteiger partial charge in [0.25, 0.3) is 0 Å². The summed E-state index contributed by atoms with van der Waals surface area (Å²) in [5, 5.41) is 3.16. The molecule has 0 aliphatic carbocycles. The van der Waals surface area contributed by atoms with Crippen molar-refractivity contribution in [1.82, 2.24) is 9.55 Å². The zero-order valence-corrected chi connectivity index (χ0v) is 12.1. The van der Waals surface area contributed by atoms with E-state index in [0.29, 0.717) is 12.2 Å². The minimum Gasteiger partial charge on any atom is -0.381 e. The number of imidazole rings is 1. The van der Waals surface area contributed by atoms with Crippen LogP contribution in [0.4, 0.5) is 14.5 Å². The van der Waals surface area contributed by atoms with Gasteiger partial charge in [0, 0.05) is 30.7 Å². The molecule has 0 fully saturated rings. The SMILES string of the molecule is CC(Cn1ccnc1)Nc1ccc(S(=O)(=O)C(F)F)cc1. The highest BCUT2D eigenvalue weighted by Gasteiger charge is 2.26. The van der Waals surface area contributed by atoms with Crippen molar-refractivity contribution < 1.29 is 17.2 Å². The summed E-state index contributed by atoms with van der Waals surface area (Å²) in [6.07, 6.45) is 5.20. The first kappa shape index (κ1) is 15.4. The molecular formula is C13H15F2N3O2S. The molecule has 0 radical (unpaired) electrons. The molecule has 114 valence electrons. The molecule has 1 N–H and O–H groups in total. The molecule has 2 aromatic rings. The van der Waals surface area contributed by atoms with E-state index in [2.05, 4.69) is 10.3 Å². The highest BCUT2D eigenvalue weighted by atomic mass is 32.2. The molecule has 2 rings (SSSR count). The third-order valence-corrected chi connectivity index (χ3v) is 4.27. The number of anilines is 1. The third-order valence-electron chi connectivity index (χ3n) is 2.87. The first-order valence-corrected chi connectivity index (χ1v) is 7.78. The van der Waals surface area contributed by atoms with Crippen LogP contribution in [0.3, 0.4) is 0 Å². The monoisotopic (exact) mass is 315 g/mol. The molecule has 0 saturated carbocycles. The Bertz CT molecular complexity index is 670. The summed E-state index contributed by atoms with van der Waals surface area (Å²) in [6.45, 7) is 2.63. The van der Waals surface area contributed by atoms with E-state index in [9.17, 15) is 17.2 Å². The van der Waals surface area contributed by atoms with Crippen molar-refractivity contribution in [2.75, 3.05) is 5.32 Å². The highest BCUT2D eigenvalue weighted by Crippen LogP contribution is 2.20. The van der Waals surface area contributed by atoms with Gasteiger partial charge in [-0.3, -0.25) is 0 Å². The summed E-state index contributed by atoms with van der Waals surface area (Å²) in [5.41, 5.74) is 0.663. The van der Waals surface area contributed by atoms with Gasteiger partial charge in [0.2, 0.25) is 9.84 Å². The molecule has 21 heavy (non-hydrogen) atoms. The number of alkyl halides is 2. The summed E-state index contributed by atoms with van der Waals surface area (Å²) in [4.78, 5) is 3.55. The minimum atomic E-state index is -4.54. The molecule has 1 aromatic heterocycles. The second-order valence-corrected chi connectivity index (χ2v) is 6.55. The molecule has 0 amide bonds. The number of hydrogen-bond donors (Lipinski definition) is 1. The predicted octanol–water partition coefficient (Wildman–Crippen LogP) is 2.38. The van der Waals surface area contributed by atoms with Crippen molar-refractivity contribution in [3.05, 3.63) is 43.0 Å². The van der Waals surface area contributed by atoms with E-state index >= 15 is 0 Å². The Balaban J connectivity index is 2.03. The fourth-order valence-corrected chi connectivity index (χ4v) is 2.61. The average Bonchev–Trinajstić information content (AvgIpc) is 2.91. The van der Waals surface area contributed by atoms with Crippen LogP contribution in [0.1, 0.15) is 6.92 Å². The van der Waals surface area contributed by atoms with Gasteiger partial charge >= 0.3 is 5.76 Å². The van der Waals surface area contributed by atoms with Crippen LogP contribution in [-0.2, 0) is 16.4 Å². The first-order valence-electron chi connectivity index (χ1n) is 6.24. The third kappa shape index (κ3) is 3.78. The molecule has 0 aliphatic heterocycles. The number of hydrogen-bond acceptors (Lipinski definition) is 4. The van der Waals surface area contributed by atoms with E-state index in [1.807, 2.05) is 17.7 Å². The van der Waals surface area contributed by atoms with Gasteiger partial charge in [0.05, 0.1) is 11.2 Å². The Labute approximate surface area is 121 Å². The normalized spacial score (nSPS) is 13.3. The smallest absolute Gasteiger partial charge is 0.341 e. The van der Waals surface area contributed by atoms with E-state index in [4.69, 9.17) is 0 Å². The lowest BCUT2D eigenvalue weighted by atomic mass is 10.2. The van der Waals surface area contributed by atoms with Gasteiger partial charge in [-0.25, -0.2) is 13.4 Å². The Morgan fingerprint density at radius 2 is 1.95 bits per heavy atom. The average molecular weight is 315 g/mol. The summed E-state index contributed by atoms with van der Waals surface area (Å²) in [6, 6.07) is 5.36. The molecule has 0 aliphatic rings. The summed E-state index contributed by atoms with van der Waals surface area (Å²) >= 11 is 0. The molecule has 8 heteroatoms. The lowest BCUT2D eigenvalue weighted by molar-refractivity contribution is 0.234. The quantitative estimate of drug-likeness (QED) is 0.889. The summed E-state index contributed by atoms with van der Waals surface area (Å²) in [5.74, 6) is -3.41. The number of sulfone groups is 1. The predicted molar refractivity (Wildman–Crippen MR) is 74.9 cm³/mol.